The molecule has 2 rings (SSSR count). The van der Waals surface area contributed by atoms with Crippen LogP contribution in [-0.2, 0) is 20.7 Å². The minimum atomic E-state index is -0.585. The number of hydrogen-bond donors (Lipinski definition) is 1. The quantitative estimate of drug-likeness (QED) is 0.693. The molecule has 0 radical (unpaired) electrons. The first-order valence-corrected chi connectivity index (χ1v) is 9.38. The van der Waals surface area contributed by atoms with E-state index in [-0.39, 0.29) is 12.5 Å². The second-order valence-corrected chi connectivity index (χ2v) is 6.83. The van der Waals surface area contributed by atoms with Crippen LogP contribution in [0.2, 0.25) is 0 Å². The molecule has 0 saturated heterocycles. The van der Waals surface area contributed by atoms with E-state index in [0.29, 0.717) is 5.56 Å². The molecule has 7 nitrogen and oxygen atoms in total. The fourth-order valence-electron chi connectivity index (χ4n) is 2.66. The number of rotatable bonds is 8. The lowest BCUT2D eigenvalue weighted by molar-refractivity contribution is -0.136. The molecule has 0 spiro atoms. The summed E-state index contributed by atoms with van der Waals surface area (Å²) in [4.78, 5) is 39.7. The molecule has 2 aromatic carbocycles. The number of amides is 2. The number of carbonyl (C=O) groups is 3. The van der Waals surface area contributed by atoms with Crippen LogP contribution in [0.15, 0.2) is 48.5 Å². The lowest BCUT2D eigenvalue weighted by atomic mass is 10.1. The molecule has 0 saturated carbocycles. The molecular formula is C22H27N3O4. The topological polar surface area (TPSA) is 79.0 Å². The van der Waals surface area contributed by atoms with Crippen LogP contribution in [0.25, 0.3) is 0 Å². The average Bonchev–Trinajstić information content (AvgIpc) is 2.72. The standard InChI is InChI=1S/C22H27N3O4/c1-5-16-8-6-7-9-19(16)23-20(26)14-25(4)21(27)15-29-22(28)17-10-12-18(13-11-17)24(2)3/h6-13H,5,14-15H2,1-4H3,(H,23,26). The maximum atomic E-state index is 12.2. The molecule has 0 bridgehead atoms. The molecule has 2 aromatic rings. The van der Waals surface area contributed by atoms with Gasteiger partial charge in [0, 0.05) is 32.5 Å². The van der Waals surface area contributed by atoms with Crippen molar-refractivity contribution >= 4 is 29.2 Å². The Bertz CT molecular complexity index is 863. The van der Waals surface area contributed by atoms with Gasteiger partial charge in [0.25, 0.3) is 5.91 Å². The number of nitrogens with zero attached hydrogens (tertiary/aromatic N) is 2. The second-order valence-electron chi connectivity index (χ2n) is 6.83. The Kier molecular flexibility index (Phi) is 7.77. The van der Waals surface area contributed by atoms with Gasteiger partial charge >= 0.3 is 5.97 Å². The summed E-state index contributed by atoms with van der Waals surface area (Å²) in [5, 5.41) is 2.81. The second kappa shape index (κ2) is 10.3. The van der Waals surface area contributed by atoms with Gasteiger partial charge in [-0.3, -0.25) is 9.59 Å². The van der Waals surface area contributed by atoms with Crippen molar-refractivity contribution in [3.63, 3.8) is 0 Å². The van der Waals surface area contributed by atoms with Gasteiger partial charge in [0.1, 0.15) is 0 Å². The van der Waals surface area contributed by atoms with Crippen LogP contribution in [-0.4, -0.2) is 57.0 Å². The number of anilines is 2. The molecule has 0 aliphatic carbocycles. The van der Waals surface area contributed by atoms with Gasteiger partial charge in [-0.25, -0.2) is 4.79 Å². The molecule has 29 heavy (non-hydrogen) atoms. The maximum Gasteiger partial charge on any atom is 0.338 e. The first kappa shape index (κ1) is 21.9. The molecular weight excluding hydrogens is 370 g/mol. The molecule has 0 aliphatic heterocycles. The Balaban J connectivity index is 1.83. The highest BCUT2D eigenvalue weighted by atomic mass is 16.5. The highest BCUT2D eigenvalue weighted by molar-refractivity contribution is 5.96. The van der Waals surface area contributed by atoms with Crippen LogP contribution in [0.3, 0.4) is 0 Å². The zero-order chi connectivity index (χ0) is 21.4. The normalized spacial score (nSPS) is 10.2. The minimum Gasteiger partial charge on any atom is -0.452 e. The van der Waals surface area contributed by atoms with E-state index in [0.717, 1.165) is 23.4 Å². The van der Waals surface area contributed by atoms with Gasteiger partial charge in [-0.05, 0) is 42.3 Å². The number of ether oxygens (including phenoxy) is 1. The number of para-hydroxylation sites is 1. The van der Waals surface area contributed by atoms with Crippen molar-refractivity contribution in [2.24, 2.45) is 0 Å². The third-order valence-electron chi connectivity index (χ3n) is 4.43. The Morgan fingerprint density at radius 2 is 1.62 bits per heavy atom. The summed E-state index contributed by atoms with van der Waals surface area (Å²) in [7, 11) is 5.30. The summed E-state index contributed by atoms with van der Waals surface area (Å²) in [6.45, 7) is 1.44. The number of carbonyl (C=O) groups excluding carboxylic acids is 3. The van der Waals surface area contributed by atoms with Crippen LogP contribution < -0.4 is 10.2 Å². The Hall–Kier alpha value is -3.35. The van der Waals surface area contributed by atoms with Crippen LogP contribution in [0.5, 0.6) is 0 Å². The van der Waals surface area contributed by atoms with Crippen molar-refractivity contribution in [2.75, 3.05) is 44.5 Å². The fourth-order valence-corrected chi connectivity index (χ4v) is 2.66. The lowest BCUT2D eigenvalue weighted by Gasteiger charge is -2.17. The van der Waals surface area contributed by atoms with E-state index < -0.39 is 18.5 Å². The molecule has 1 N–H and O–H groups in total. The van der Waals surface area contributed by atoms with Gasteiger partial charge in [-0.2, -0.15) is 0 Å². The number of esters is 1. The monoisotopic (exact) mass is 397 g/mol. The van der Waals surface area contributed by atoms with Gasteiger partial charge in [0.2, 0.25) is 5.91 Å². The Morgan fingerprint density at radius 3 is 2.24 bits per heavy atom. The van der Waals surface area contributed by atoms with Crippen molar-refractivity contribution in [1.82, 2.24) is 4.90 Å². The zero-order valence-electron chi connectivity index (χ0n) is 17.3. The van der Waals surface area contributed by atoms with Gasteiger partial charge in [0.15, 0.2) is 6.61 Å². The zero-order valence-corrected chi connectivity index (χ0v) is 17.3. The van der Waals surface area contributed by atoms with E-state index >= 15 is 0 Å². The number of nitrogens with one attached hydrogen (secondary N) is 1. The first-order valence-electron chi connectivity index (χ1n) is 9.38. The van der Waals surface area contributed by atoms with Gasteiger partial charge in [-0.15, -0.1) is 0 Å². The molecule has 0 aromatic heterocycles. The predicted octanol–water partition coefficient (Wildman–Crippen LogP) is 2.57. The van der Waals surface area contributed by atoms with E-state index in [1.165, 1.54) is 11.9 Å². The minimum absolute atomic E-state index is 0.133. The highest BCUT2D eigenvalue weighted by Crippen LogP contribution is 2.15. The summed E-state index contributed by atoms with van der Waals surface area (Å²) < 4.78 is 5.07. The van der Waals surface area contributed by atoms with E-state index in [2.05, 4.69) is 5.32 Å². The van der Waals surface area contributed by atoms with E-state index in [1.54, 1.807) is 24.3 Å². The van der Waals surface area contributed by atoms with E-state index in [1.807, 2.05) is 50.2 Å². The van der Waals surface area contributed by atoms with E-state index in [4.69, 9.17) is 4.74 Å². The van der Waals surface area contributed by atoms with Crippen LogP contribution in [0, 0.1) is 0 Å². The number of likely N-dealkylation sites (N-methyl/N-ethyl adjacent to an activating group) is 1. The predicted molar refractivity (Wildman–Crippen MR) is 113 cm³/mol. The smallest absolute Gasteiger partial charge is 0.338 e. The van der Waals surface area contributed by atoms with Crippen LogP contribution in [0.1, 0.15) is 22.8 Å². The summed E-state index contributed by atoms with van der Waals surface area (Å²) in [6, 6.07) is 14.4. The molecule has 0 aliphatic rings. The maximum absolute atomic E-state index is 12.2. The summed E-state index contributed by atoms with van der Waals surface area (Å²) in [6.07, 6.45) is 0.788. The van der Waals surface area contributed by atoms with Crippen molar-refractivity contribution in [3.8, 4) is 0 Å². The Labute approximate surface area is 171 Å². The Morgan fingerprint density at radius 1 is 0.966 bits per heavy atom. The van der Waals surface area contributed by atoms with Gasteiger partial charge in [-0.1, -0.05) is 25.1 Å². The van der Waals surface area contributed by atoms with Crippen molar-refractivity contribution in [2.45, 2.75) is 13.3 Å². The molecule has 0 atom stereocenters. The molecule has 2 amide bonds. The van der Waals surface area contributed by atoms with Gasteiger partial charge in [0.05, 0.1) is 12.1 Å². The van der Waals surface area contributed by atoms with Crippen molar-refractivity contribution in [3.05, 3.63) is 59.7 Å². The molecule has 0 heterocycles. The lowest BCUT2D eigenvalue weighted by Crippen LogP contribution is -2.37. The largest absolute Gasteiger partial charge is 0.452 e. The summed E-state index contributed by atoms with van der Waals surface area (Å²) in [5.74, 6) is -1.35. The van der Waals surface area contributed by atoms with Crippen LogP contribution in [0.4, 0.5) is 11.4 Å². The van der Waals surface area contributed by atoms with Gasteiger partial charge < -0.3 is 19.9 Å². The molecule has 154 valence electrons. The number of benzene rings is 2. The van der Waals surface area contributed by atoms with Crippen molar-refractivity contribution < 1.29 is 19.1 Å². The highest BCUT2D eigenvalue weighted by Gasteiger charge is 2.16. The SMILES string of the molecule is CCc1ccccc1NC(=O)CN(C)C(=O)COC(=O)c1ccc(N(C)C)cc1. The van der Waals surface area contributed by atoms with Crippen molar-refractivity contribution in [1.29, 1.82) is 0 Å². The third kappa shape index (κ3) is 6.34. The summed E-state index contributed by atoms with van der Waals surface area (Å²) >= 11 is 0. The van der Waals surface area contributed by atoms with E-state index in [9.17, 15) is 14.4 Å². The molecule has 0 fully saturated rings. The molecule has 7 heteroatoms. The first-order chi connectivity index (χ1) is 13.8. The molecule has 0 unspecified atom stereocenters. The third-order valence-corrected chi connectivity index (χ3v) is 4.43. The number of hydrogen-bond acceptors (Lipinski definition) is 5. The summed E-state index contributed by atoms with van der Waals surface area (Å²) in [5.41, 5.74) is 3.06. The average molecular weight is 397 g/mol. The fraction of sp³-hybridized carbons (Fsp3) is 0.318. The number of aryl methyl sites for hydroxylation is 1. The van der Waals surface area contributed by atoms with Crippen LogP contribution >= 0.6 is 0 Å².